The predicted octanol–water partition coefficient (Wildman–Crippen LogP) is 0.0219. The van der Waals surface area contributed by atoms with Crippen LogP contribution in [0.3, 0.4) is 0 Å². The summed E-state index contributed by atoms with van der Waals surface area (Å²) in [6.45, 7) is 3.12. The molecule has 82 valence electrons. The molecule has 6 heteroatoms. The fourth-order valence-corrected chi connectivity index (χ4v) is 1.55. The summed E-state index contributed by atoms with van der Waals surface area (Å²) in [7, 11) is 0. The van der Waals surface area contributed by atoms with Gasteiger partial charge in [-0.2, -0.15) is 0 Å². The highest BCUT2D eigenvalue weighted by Gasteiger charge is 2.19. The Labute approximate surface area is 87.4 Å². The molecule has 1 aliphatic heterocycles. The Balaban J connectivity index is 1.91. The van der Waals surface area contributed by atoms with Crippen LogP contribution in [-0.2, 0) is 4.74 Å². The van der Waals surface area contributed by atoms with Crippen LogP contribution >= 0.6 is 0 Å². The number of carbonyl (C=O) groups is 1. The van der Waals surface area contributed by atoms with Gasteiger partial charge in [0.1, 0.15) is 5.82 Å². The maximum atomic E-state index is 11.6. The second kappa shape index (κ2) is 4.39. The lowest BCUT2D eigenvalue weighted by atomic mass is 10.1. The Bertz CT molecular complexity index is 344. The van der Waals surface area contributed by atoms with Crippen molar-refractivity contribution in [1.29, 1.82) is 0 Å². The third-order valence-corrected chi connectivity index (χ3v) is 2.30. The minimum absolute atomic E-state index is 0.0880. The molecule has 1 amide bonds. The van der Waals surface area contributed by atoms with Crippen molar-refractivity contribution >= 4 is 5.91 Å². The molecule has 0 radical (unpaired) electrons. The fourth-order valence-electron chi connectivity index (χ4n) is 1.55. The van der Waals surface area contributed by atoms with Gasteiger partial charge in [0, 0.05) is 6.61 Å². The van der Waals surface area contributed by atoms with Crippen LogP contribution in [0.1, 0.15) is 29.3 Å². The van der Waals surface area contributed by atoms with Gasteiger partial charge < -0.3 is 10.1 Å². The average molecular weight is 210 g/mol. The van der Waals surface area contributed by atoms with Crippen molar-refractivity contribution < 1.29 is 9.53 Å². The van der Waals surface area contributed by atoms with Gasteiger partial charge in [0.25, 0.3) is 5.91 Å². The minimum atomic E-state index is -0.241. The average Bonchev–Trinajstić information content (AvgIpc) is 2.66. The van der Waals surface area contributed by atoms with Crippen molar-refractivity contribution in [2.24, 2.45) is 0 Å². The summed E-state index contributed by atoms with van der Waals surface area (Å²) in [5.74, 6) is 0.591. The van der Waals surface area contributed by atoms with Gasteiger partial charge in [-0.15, -0.1) is 5.10 Å². The van der Waals surface area contributed by atoms with Crippen molar-refractivity contribution in [1.82, 2.24) is 20.5 Å². The summed E-state index contributed by atoms with van der Waals surface area (Å²) in [6.07, 6.45) is 1.94. The molecule has 2 rings (SSSR count). The number of rotatable bonds is 2. The number of carbonyl (C=O) groups excluding carboxylic acids is 1. The van der Waals surface area contributed by atoms with Crippen LogP contribution in [0.5, 0.6) is 0 Å². The zero-order valence-electron chi connectivity index (χ0n) is 8.62. The van der Waals surface area contributed by atoms with Gasteiger partial charge in [-0.1, -0.05) is 0 Å². The normalized spacial score (nSPS) is 21.3. The van der Waals surface area contributed by atoms with E-state index in [0.717, 1.165) is 19.4 Å². The standard InChI is InChI=1S/C9H14N4O2/c1-6-10-8(13-12-6)9(14)11-7-3-2-4-15-5-7/h7H,2-5H2,1H3,(H,11,14)(H,10,12,13). The number of aromatic amines is 1. The molecule has 2 N–H and O–H groups in total. The number of H-pyrrole nitrogens is 1. The Morgan fingerprint density at radius 3 is 3.13 bits per heavy atom. The van der Waals surface area contributed by atoms with E-state index >= 15 is 0 Å². The third kappa shape index (κ3) is 2.53. The van der Waals surface area contributed by atoms with E-state index < -0.39 is 0 Å². The van der Waals surface area contributed by atoms with Gasteiger partial charge in [0.05, 0.1) is 12.6 Å². The summed E-state index contributed by atoms with van der Waals surface area (Å²) in [4.78, 5) is 15.6. The minimum Gasteiger partial charge on any atom is -0.379 e. The van der Waals surface area contributed by atoms with Gasteiger partial charge in [-0.05, 0) is 19.8 Å². The van der Waals surface area contributed by atoms with Crippen LogP contribution in [-0.4, -0.2) is 40.3 Å². The predicted molar refractivity (Wildman–Crippen MR) is 52.4 cm³/mol. The Kier molecular flexibility index (Phi) is 2.96. The molecule has 6 nitrogen and oxygen atoms in total. The van der Waals surface area contributed by atoms with Crippen molar-refractivity contribution in [2.45, 2.75) is 25.8 Å². The molecule has 0 bridgehead atoms. The molecule has 1 fully saturated rings. The molecular weight excluding hydrogens is 196 g/mol. The van der Waals surface area contributed by atoms with Crippen LogP contribution in [0.2, 0.25) is 0 Å². The first-order valence-corrected chi connectivity index (χ1v) is 5.03. The van der Waals surface area contributed by atoms with E-state index in [1.807, 2.05) is 0 Å². The zero-order valence-corrected chi connectivity index (χ0v) is 8.62. The lowest BCUT2D eigenvalue weighted by molar-refractivity contribution is 0.0619. The van der Waals surface area contributed by atoms with E-state index in [4.69, 9.17) is 4.74 Å². The van der Waals surface area contributed by atoms with E-state index in [1.165, 1.54) is 0 Å². The molecule has 1 aliphatic rings. The van der Waals surface area contributed by atoms with Gasteiger partial charge >= 0.3 is 0 Å². The molecule has 1 aromatic heterocycles. The van der Waals surface area contributed by atoms with Gasteiger partial charge in [-0.3, -0.25) is 9.89 Å². The monoisotopic (exact) mass is 210 g/mol. The van der Waals surface area contributed by atoms with Gasteiger partial charge in [-0.25, -0.2) is 4.98 Å². The lowest BCUT2D eigenvalue weighted by Gasteiger charge is -2.22. The molecule has 1 aromatic rings. The molecule has 0 aliphatic carbocycles. The Morgan fingerprint density at radius 2 is 2.53 bits per heavy atom. The molecule has 15 heavy (non-hydrogen) atoms. The third-order valence-electron chi connectivity index (χ3n) is 2.30. The lowest BCUT2D eigenvalue weighted by Crippen LogP contribution is -2.41. The maximum Gasteiger partial charge on any atom is 0.291 e. The molecule has 1 saturated heterocycles. The second-order valence-electron chi connectivity index (χ2n) is 3.63. The smallest absolute Gasteiger partial charge is 0.291 e. The quantitative estimate of drug-likeness (QED) is 0.721. The van der Waals surface area contributed by atoms with Gasteiger partial charge in [0.2, 0.25) is 5.82 Å². The van der Waals surface area contributed by atoms with Crippen LogP contribution in [0.4, 0.5) is 0 Å². The van der Waals surface area contributed by atoms with Crippen molar-refractivity contribution in [3.63, 3.8) is 0 Å². The second-order valence-corrected chi connectivity index (χ2v) is 3.63. The SMILES string of the molecule is Cc1nc(C(=O)NC2CCCOC2)n[nH]1. The van der Waals surface area contributed by atoms with Crippen molar-refractivity contribution in [3.8, 4) is 0 Å². The summed E-state index contributed by atoms with van der Waals surface area (Å²) in [5, 5.41) is 9.27. The van der Waals surface area contributed by atoms with Crippen LogP contribution in [0.15, 0.2) is 0 Å². The van der Waals surface area contributed by atoms with Crippen LogP contribution in [0, 0.1) is 6.92 Å². The topological polar surface area (TPSA) is 79.9 Å². The number of nitrogens with one attached hydrogen (secondary N) is 2. The van der Waals surface area contributed by atoms with Crippen molar-refractivity contribution in [3.05, 3.63) is 11.6 Å². The fraction of sp³-hybridized carbons (Fsp3) is 0.667. The molecule has 1 unspecified atom stereocenters. The molecule has 2 heterocycles. The van der Waals surface area contributed by atoms with E-state index in [-0.39, 0.29) is 17.8 Å². The molecule has 1 atom stereocenters. The first-order chi connectivity index (χ1) is 7.25. The first-order valence-electron chi connectivity index (χ1n) is 5.03. The van der Waals surface area contributed by atoms with E-state index in [0.29, 0.717) is 12.4 Å². The summed E-state index contributed by atoms with van der Waals surface area (Å²) in [5.41, 5.74) is 0. The summed E-state index contributed by atoms with van der Waals surface area (Å²) >= 11 is 0. The van der Waals surface area contributed by atoms with Crippen molar-refractivity contribution in [2.75, 3.05) is 13.2 Å². The number of aryl methyl sites for hydroxylation is 1. The highest BCUT2D eigenvalue weighted by molar-refractivity contribution is 5.90. The Hall–Kier alpha value is -1.43. The highest BCUT2D eigenvalue weighted by atomic mass is 16.5. The van der Waals surface area contributed by atoms with Crippen LogP contribution in [0.25, 0.3) is 0 Å². The number of nitrogens with zero attached hydrogens (tertiary/aromatic N) is 2. The number of ether oxygens (including phenoxy) is 1. The molecule has 0 spiro atoms. The van der Waals surface area contributed by atoms with Crippen LogP contribution < -0.4 is 5.32 Å². The molecular formula is C9H14N4O2. The van der Waals surface area contributed by atoms with E-state index in [1.54, 1.807) is 6.92 Å². The number of hydrogen-bond acceptors (Lipinski definition) is 4. The zero-order chi connectivity index (χ0) is 10.7. The van der Waals surface area contributed by atoms with Gasteiger partial charge in [0.15, 0.2) is 0 Å². The largest absolute Gasteiger partial charge is 0.379 e. The summed E-state index contributed by atoms with van der Waals surface area (Å²) in [6, 6.07) is 0.0880. The maximum absolute atomic E-state index is 11.6. The highest BCUT2D eigenvalue weighted by Crippen LogP contribution is 2.06. The Morgan fingerprint density at radius 1 is 1.67 bits per heavy atom. The summed E-state index contributed by atoms with van der Waals surface area (Å²) < 4.78 is 5.26. The number of amides is 1. The molecule has 0 aromatic carbocycles. The van der Waals surface area contributed by atoms with E-state index in [9.17, 15) is 4.79 Å². The number of aromatic nitrogens is 3. The number of hydrogen-bond donors (Lipinski definition) is 2. The molecule has 0 saturated carbocycles. The first kappa shape index (κ1) is 10.1. The van der Waals surface area contributed by atoms with E-state index in [2.05, 4.69) is 20.5 Å².